The van der Waals surface area contributed by atoms with Gasteiger partial charge in [0.15, 0.2) is 5.58 Å². The summed E-state index contributed by atoms with van der Waals surface area (Å²) in [5.74, 6) is -0.875. The molecule has 0 aliphatic carbocycles. The molecule has 1 atom stereocenters. The average molecular weight is 513 g/mol. The number of aryl methyl sites for hydroxylation is 3. The Hall–Kier alpha value is -3.11. The fourth-order valence-electron chi connectivity index (χ4n) is 5.27. The summed E-state index contributed by atoms with van der Waals surface area (Å²) in [6.45, 7) is 7.48. The predicted octanol–water partition coefficient (Wildman–Crippen LogP) is 2.50. The van der Waals surface area contributed by atoms with Gasteiger partial charge in [0, 0.05) is 58.1 Å². The molecule has 2 aliphatic rings. The Kier molecular flexibility index (Phi) is 6.42. The summed E-state index contributed by atoms with van der Waals surface area (Å²) >= 11 is 0. The van der Waals surface area contributed by atoms with Crippen LogP contribution >= 0.6 is 0 Å². The van der Waals surface area contributed by atoms with Crippen molar-refractivity contribution in [3.05, 3.63) is 58.1 Å². The van der Waals surface area contributed by atoms with Gasteiger partial charge >= 0.3 is 5.76 Å². The van der Waals surface area contributed by atoms with E-state index in [-0.39, 0.29) is 28.8 Å². The number of sulfonamides is 1. The maximum Gasteiger partial charge on any atom is 0.419 e. The number of nitrogens with zero attached hydrogens (tertiary/aromatic N) is 4. The van der Waals surface area contributed by atoms with Crippen LogP contribution in [0.3, 0.4) is 0 Å². The van der Waals surface area contributed by atoms with Crippen molar-refractivity contribution >= 4 is 32.7 Å². The zero-order chi connectivity index (χ0) is 25.6. The molecule has 2 fully saturated rings. The van der Waals surface area contributed by atoms with Gasteiger partial charge in [-0.1, -0.05) is 12.1 Å². The molecule has 0 bridgehead atoms. The molecule has 0 radical (unpaired) electrons. The van der Waals surface area contributed by atoms with E-state index in [1.165, 1.54) is 37.8 Å². The van der Waals surface area contributed by atoms with Gasteiger partial charge in [-0.3, -0.25) is 9.36 Å². The molecule has 9 nitrogen and oxygen atoms in total. The van der Waals surface area contributed by atoms with E-state index < -0.39 is 15.8 Å². The number of piperidine rings is 1. The number of fused-ring (bicyclic) bond motifs is 1. The lowest BCUT2D eigenvalue weighted by Crippen LogP contribution is -2.53. The van der Waals surface area contributed by atoms with Crippen LogP contribution in [0.5, 0.6) is 0 Å². The molecule has 2 saturated heterocycles. The summed E-state index contributed by atoms with van der Waals surface area (Å²) < 4.78 is 34.7. The number of oxazole rings is 1. The zero-order valence-electron chi connectivity index (χ0n) is 20.9. The summed E-state index contributed by atoms with van der Waals surface area (Å²) in [7, 11) is -2.25. The maximum atomic E-state index is 13.4. The Labute approximate surface area is 210 Å². The molecule has 1 aromatic heterocycles. The molecule has 0 spiro atoms. The monoisotopic (exact) mass is 512 g/mol. The van der Waals surface area contributed by atoms with Gasteiger partial charge in [0.05, 0.1) is 16.3 Å². The van der Waals surface area contributed by atoms with Crippen LogP contribution in [0, 0.1) is 19.8 Å². The third-order valence-electron chi connectivity index (χ3n) is 7.43. The van der Waals surface area contributed by atoms with Crippen molar-refractivity contribution in [2.45, 2.75) is 31.6 Å². The molecule has 10 heteroatoms. The smallest absolute Gasteiger partial charge is 0.408 e. The standard InChI is InChI=1S/C26H32N4O5S/c1-18-6-7-19(2)23(15-18)28-11-13-29(14-12-28)25(31)20-5-4-10-30(17-20)36(33,34)21-8-9-22-24(16-21)35-26(32)27(22)3/h6-9,15-16,20H,4-5,10-14,17H2,1-3H3. The van der Waals surface area contributed by atoms with Crippen molar-refractivity contribution in [1.82, 2.24) is 13.8 Å². The summed E-state index contributed by atoms with van der Waals surface area (Å²) in [5.41, 5.74) is 4.41. The molecule has 1 unspecified atom stereocenters. The van der Waals surface area contributed by atoms with Crippen molar-refractivity contribution in [2.24, 2.45) is 13.0 Å². The van der Waals surface area contributed by atoms with E-state index in [2.05, 4.69) is 36.9 Å². The third kappa shape index (κ3) is 4.43. The maximum absolute atomic E-state index is 13.4. The van der Waals surface area contributed by atoms with Crippen LogP contribution in [0.15, 0.2) is 50.5 Å². The first kappa shape index (κ1) is 24.6. The van der Waals surface area contributed by atoms with Crippen LogP contribution in [0.25, 0.3) is 11.1 Å². The zero-order valence-corrected chi connectivity index (χ0v) is 21.8. The number of piperazine rings is 1. The number of rotatable bonds is 4. The van der Waals surface area contributed by atoms with Gasteiger partial charge in [-0.05, 0) is 56.0 Å². The molecule has 2 aliphatic heterocycles. The summed E-state index contributed by atoms with van der Waals surface area (Å²) in [4.78, 5) is 29.4. The van der Waals surface area contributed by atoms with Crippen molar-refractivity contribution in [1.29, 1.82) is 0 Å². The first-order valence-electron chi connectivity index (χ1n) is 12.4. The van der Waals surface area contributed by atoms with Crippen molar-refractivity contribution in [2.75, 3.05) is 44.2 Å². The SMILES string of the molecule is Cc1ccc(C)c(N2CCN(C(=O)C3CCCN(S(=O)(=O)c4ccc5c(c4)oc(=O)n5C)C3)CC2)c1. The molecule has 0 N–H and O–H groups in total. The van der Waals surface area contributed by atoms with E-state index in [0.29, 0.717) is 38.0 Å². The summed E-state index contributed by atoms with van der Waals surface area (Å²) in [5, 5.41) is 0. The van der Waals surface area contributed by atoms with Gasteiger partial charge in [0.25, 0.3) is 0 Å². The van der Waals surface area contributed by atoms with E-state index in [4.69, 9.17) is 4.42 Å². The highest BCUT2D eigenvalue weighted by atomic mass is 32.2. The number of hydrogen-bond acceptors (Lipinski definition) is 6. The molecule has 2 aromatic carbocycles. The van der Waals surface area contributed by atoms with Crippen molar-refractivity contribution in [3.8, 4) is 0 Å². The molecule has 3 heterocycles. The Morgan fingerprint density at radius 2 is 1.75 bits per heavy atom. The van der Waals surface area contributed by atoms with E-state index in [1.807, 2.05) is 4.90 Å². The van der Waals surface area contributed by atoms with Crippen molar-refractivity contribution in [3.63, 3.8) is 0 Å². The lowest BCUT2D eigenvalue weighted by atomic mass is 9.97. The average Bonchev–Trinajstić information content (AvgIpc) is 3.17. The van der Waals surface area contributed by atoms with Gasteiger partial charge < -0.3 is 14.2 Å². The first-order chi connectivity index (χ1) is 17.1. The number of anilines is 1. The lowest BCUT2D eigenvalue weighted by Gasteiger charge is -2.40. The number of aromatic nitrogens is 1. The minimum atomic E-state index is -3.82. The molecule has 192 valence electrons. The molecule has 3 aromatic rings. The number of carbonyl (C=O) groups excluding carboxylic acids is 1. The normalized spacial score (nSPS) is 19.7. The number of hydrogen-bond donors (Lipinski definition) is 0. The van der Waals surface area contributed by atoms with Gasteiger partial charge in [-0.15, -0.1) is 0 Å². The van der Waals surface area contributed by atoms with Gasteiger partial charge in [0.2, 0.25) is 15.9 Å². The number of amides is 1. The van der Waals surface area contributed by atoms with E-state index in [1.54, 1.807) is 13.1 Å². The Morgan fingerprint density at radius 3 is 2.50 bits per heavy atom. The third-order valence-corrected chi connectivity index (χ3v) is 9.29. The molecular weight excluding hydrogens is 480 g/mol. The van der Waals surface area contributed by atoms with Crippen LogP contribution < -0.4 is 10.7 Å². The fourth-order valence-corrected chi connectivity index (χ4v) is 6.81. The molecular formula is C26H32N4O5S. The Balaban J connectivity index is 1.27. The van der Waals surface area contributed by atoms with Gasteiger partial charge in [0.1, 0.15) is 0 Å². The van der Waals surface area contributed by atoms with Gasteiger partial charge in [-0.2, -0.15) is 4.31 Å². The van der Waals surface area contributed by atoms with Crippen LogP contribution in [-0.2, 0) is 21.9 Å². The minimum Gasteiger partial charge on any atom is -0.408 e. The highest BCUT2D eigenvalue weighted by Gasteiger charge is 2.36. The van der Waals surface area contributed by atoms with E-state index in [0.717, 1.165) is 13.1 Å². The second-order valence-electron chi connectivity index (χ2n) is 9.86. The number of benzene rings is 2. The quantitative estimate of drug-likeness (QED) is 0.533. The van der Waals surface area contributed by atoms with Crippen LogP contribution in [0.1, 0.15) is 24.0 Å². The lowest BCUT2D eigenvalue weighted by molar-refractivity contribution is -0.137. The van der Waals surface area contributed by atoms with Crippen LogP contribution in [0.2, 0.25) is 0 Å². The van der Waals surface area contributed by atoms with E-state index >= 15 is 0 Å². The highest BCUT2D eigenvalue weighted by molar-refractivity contribution is 7.89. The van der Waals surface area contributed by atoms with Crippen LogP contribution in [0.4, 0.5) is 5.69 Å². The van der Waals surface area contributed by atoms with Crippen LogP contribution in [-0.4, -0.2) is 67.4 Å². The highest BCUT2D eigenvalue weighted by Crippen LogP contribution is 2.28. The molecule has 1 amide bonds. The molecule has 36 heavy (non-hydrogen) atoms. The molecule has 0 saturated carbocycles. The predicted molar refractivity (Wildman–Crippen MR) is 138 cm³/mol. The number of carbonyl (C=O) groups is 1. The Morgan fingerprint density at radius 1 is 1.00 bits per heavy atom. The molecule has 5 rings (SSSR count). The fraction of sp³-hybridized carbons (Fsp3) is 0.462. The van der Waals surface area contributed by atoms with Gasteiger partial charge in [-0.25, -0.2) is 13.2 Å². The largest absolute Gasteiger partial charge is 0.419 e. The van der Waals surface area contributed by atoms with E-state index in [9.17, 15) is 18.0 Å². The second-order valence-corrected chi connectivity index (χ2v) is 11.8. The summed E-state index contributed by atoms with van der Waals surface area (Å²) in [6, 6.07) is 10.9. The second kappa shape index (κ2) is 9.40. The topological polar surface area (TPSA) is 96.1 Å². The Bertz CT molecular complexity index is 1470. The minimum absolute atomic E-state index is 0.0278. The summed E-state index contributed by atoms with van der Waals surface area (Å²) in [6.07, 6.45) is 1.30. The van der Waals surface area contributed by atoms with Crippen molar-refractivity contribution < 1.29 is 17.6 Å². The first-order valence-corrected chi connectivity index (χ1v) is 13.8.